The maximum Gasteiger partial charge on any atom is 0.410 e. The van der Waals surface area contributed by atoms with Gasteiger partial charge >= 0.3 is 6.09 Å². The number of hydrogen-bond donors (Lipinski definition) is 0. The Morgan fingerprint density at radius 2 is 1.77 bits per heavy atom. The minimum atomic E-state index is -3.08. The summed E-state index contributed by atoms with van der Waals surface area (Å²) in [6, 6.07) is -0.320. The summed E-state index contributed by atoms with van der Waals surface area (Å²) in [6.45, 7) is 7.76. The summed E-state index contributed by atoms with van der Waals surface area (Å²) >= 11 is 0. The molecule has 3 rings (SSSR count). The summed E-state index contributed by atoms with van der Waals surface area (Å²) in [4.78, 5) is 16.3. The van der Waals surface area contributed by atoms with E-state index in [0.29, 0.717) is 6.54 Å². The maximum absolute atomic E-state index is 12.4. The van der Waals surface area contributed by atoms with E-state index < -0.39 is 15.4 Å². The van der Waals surface area contributed by atoms with Gasteiger partial charge in [0.15, 0.2) is 9.84 Å². The number of rotatable bonds is 2. The standard InChI is InChI=1S/C15H26N2O4S/c1-15(2,3)21-14(18)17-7-6-16(8-11-4-5-11)12-9-22(19,20)10-13(12)17/h11-13H,4-10H2,1-3H3/t12-,13+/m0/s1. The van der Waals surface area contributed by atoms with E-state index in [-0.39, 0.29) is 29.7 Å². The van der Waals surface area contributed by atoms with E-state index in [1.807, 2.05) is 20.8 Å². The van der Waals surface area contributed by atoms with Gasteiger partial charge in [0.25, 0.3) is 0 Å². The first kappa shape index (κ1) is 16.1. The lowest BCUT2D eigenvalue weighted by Crippen LogP contribution is -2.61. The molecular weight excluding hydrogens is 304 g/mol. The van der Waals surface area contributed by atoms with Crippen molar-refractivity contribution in [3.63, 3.8) is 0 Å². The van der Waals surface area contributed by atoms with Crippen molar-refractivity contribution < 1.29 is 17.9 Å². The summed E-state index contributed by atoms with van der Waals surface area (Å²) in [6.07, 6.45) is 2.11. The second-order valence-electron chi connectivity index (χ2n) is 7.82. The van der Waals surface area contributed by atoms with Gasteiger partial charge in [0.05, 0.1) is 17.5 Å². The van der Waals surface area contributed by atoms with Crippen molar-refractivity contribution in [2.24, 2.45) is 5.92 Å². The van der Waals surface area contributed by atoms with Gasteiger partial charge in [0.1, 0.15) is 5.60 Å². The highest BCUT2D eigenvalue weighted by Crippen LogP contribution is 2.34. The van der Waals surface area contributed by atoms with Crippen LogP contribution in [0.25, 0.3) is 0 Å². The van der Waals surface area contributed by atoms with Crippen LogP contribution in [0.1, 0.15) is 33.6 Å². The van der Waals surface area contributed by atoms with Crippen LogP contribution in [0.5, 0.6) is 0 Å². The number of fused-ring (bicyclic) bond motifs is 1. The zero-order valence-corrected chi connectivity index (χ0v) is 14.4. The predicted molar refractivity (Wildman–Crippen MR) is 83.5 cm³/mol. The maximum atomic E-state index is 12.4. The van der Waals surface area contributed by atoms with Crippen molar-refractivity contribution in [1.82, 2.24) is 9.80 Å². The molecule has 0 bridgehead atoms. The first-order chi connectivity index (χ1) is 10.1. The van der Waals surface area contributed by atoms with E-state index in [9.17, 15) is 13.2 Å². The highest BCUT2D eigenvalue weighted by atomic mass is 32.2. The summed E-state index contributed by atoms with van der Waals surface area (Å²) < 4.78 is 29.6. The molecule has 1 saturated carbocycles. The third-order valence-corrected chi connectivity index (χ3v) is 6.31. The van der Waals surface area contributed by atoms with Gasteiger partial charge in [-0.15, -0.1) is 0 Å². The van der Waals surface area contributed by atoms with E-state index in [4.69, 9.17) is 4.74 Å². The molecule has 6 nitrogen and oxygen atoms in total. The van der Waals surface area contributed by atoms with Crippen molar-refractivity contribution >= 4 is 15.9 Å². The Kier molecular flexibility index (Phi) is 3.92. The first-order valence-electron chi connectivity index (χ1n) is 8.09. The van der Waals surface area contributed by atoms with Crippen LogP contribution in [0.2, 0.25) is 0 Å². The summed E-state index contributed by atoms with van der Waals surface area (Å²) in [5.74, 6) is 0.957. The van der Waals surface area contributed by atoms with Gasteiger partial charge in [-0.1, -0.05) is 0 Å². The van der Waals surface area contributed by atoms with Gasteiger partial charge in [0, 0.05) is 25.7 Å². The Balaban J connectivity index is 1.75. The number of hydrogen-bond acceptors (Lipinski definition) is 5. The van der Waals surface area contributed by atoms with Gasteiger partial charge in [-0.05, 0) is 39.5 Å². The van der Waals surface area contributed by atoms with Crippen LogP contribution < -0.4 is 0 Å². The molecule has 2 heterocycles. The van der Waals surface area contributed by atoms with Crippen molar-refractivity contribution in [3.05, 3.63) is 0 Å². The average Bonchev–Trinajstić information content (AvgIpc) is 3.08. The SMILES string of the molecule is CC(C)(C)OC(=O)N1CCN(CC2CC2)[C@H]2CS(=O)(=O)C[C@H]21. The van der Waals surface area contributed by atoms with Gasteiger partial charge < -0.3 is 9.64 Å². The predicted octanol–water partition coefficient (Wildman–Crippen LogP) is 1.11. The topological polar surface area (TPSA) is 66.9 Å². The number of piperazine rings is 1. The average molecular weight is 330 g/mol. The van der Waals surface area contributed by atoms with Crippen LogP contribution in [-0.4, -0.2) is 73.1 Å². The van der Waals surface area contributed by atoms with E-state index in [1.54, 1.807) is 4.90 Å². The summed E-state index contributed by atoms with van der Waals surface area (Å²) in [7, 11) is -3.08. The molecule has 7 heteroatoms. The number of amides is 1. The molecule has 22 heavy (non-hydrogen) atoms. The number of ether oxygens (including phenoxy) is 1. The van der Waals surface area contributed by atoms with E-state index in [0.717, 1.165) is 19.0 Å². The molecule has 1 aliphatic carbocycles. The van der Waals surface area contributed by atoms with Crippen LogP contribution in [0.4, 0.5) is 4.79 Å². The van der Waals surface area contributed by atoms with E-state index in [1.165, 1.54) is 12.8 Å². The Labute approximate surface area is 132 Å². The Hall–Kier alpha value is -0.820. The second-order valence-corrected chi connectivity index (χ2v) is 9.98. The third-order valence-electron chi connectivity index (χ3n) is 4.61. The molecule has 0 aromatic carbocycles. The van der Waals surface area contributed by atoms with E-state index in [2.05, 4.69) is 4.90 Å². The van der Waals surface area contributed by atoms with Gasteiger partial charge in [-0.25, -0.2) is 13.2 Å². The fraction of sp³-hybridized carbons (Fsp3) is 0.933. The lowest BCUT2D eigenvalue weighted by molar-refractivity contribution is -0.00968. The van der Waals surface area contributed by atoms with Crippen LogP contribution in [0, 0.1) is 5.92 Å². The number of carbonyl (C=O) groups is 1. The second kappa shape index (κ2) is 5.37. The zero-order chi connectivity index (χ0) is 16.1. The monoisotopic (exact) mass is 330 g/mol. The molecule has 2 aliphatic heterocycles. The quantitative estimate of drug-likeness (QED) is 0.759. The number of nitrogens with zero attached hydrogens (tertiary/aromatic N) is 2. The number of carbonyl (C=O) groups excluding carboxylic acids is 1. The minimum absolute atomic E-state index is 0.0631. The molecule has 2 saturated heterocycles. The van der Waals surface area contributed by atoms with Gasteiger partial charge in [-0.3, -0.25) is 4.90 Å². The lowest BCUT2D eigenvalue weighted by Gasteiger charge is -2.44. The third kappa shape index (κ3) is 3.56. The minimum Gasteiger partial charge on any atom is -0.444 e. The largest absolute Gasteiger partial charge is 0.444 e. The fourth-order valence-electron chi connectivity index (χ4n) is 3.43. The molecule has 0 radical (unpaired) electrons. The molecule has 0 unspecified atom stereocenters. The molecule has 2 atom stereocenters. The molecule has 1 amide bonds. The van der Waals surface area contributed by atoms with Crippen LogP contribution >= 0.6 is 0 Å². The van der Waals surface area contributed by atoms with Crippen molar-refractivity contribution in [3.8, 4) is 0 Å². The molecule has 0 aromatic rings. The summed E-state index contributed by atoms with van der Waals surface area (Å²) in [5.41, 5.74) is -0.560. The van der Waals surface area contributed by atoms with E-state index >= 15 is 0 Å². The molecule has 0 N–H and O–H groups in total. The molecule has 126 valence electrons. The highest BCUT2D eigenvalue weighted by Gasteiger charge is 2.49. The zero-order valence-electron chi connectivity index (χ0n) is 13.6. The Morgan fingerprint density at radius 1 is 1.14 bits per heavy atom. The molecule has 3 aliphatic rings. The normalized spacial score (nSPS) is 31.9. The van der Waals surface area contributed by atoms with Gasteiger partial charge in [0.2, 0.25) is 0 Å². The van der Waals surface area contributed by atoms with Crippen LogP contribution in [-0.2, 0) is 14.6 Å². The fourth-order valence-corrected chi connectivity index (χ4v) is 5.44. The Morgan fingerprint density at radius 3 is 2.36 bits per heavy atom. The molecule has 0 aromatic heterocycles. The van der Waals surface area contributed by atoms with Crippen LogP contribution in [0.15, 0.2) is 0 Å². The molecular formula is C15H26N2O4S. The summed E-state index contributed by atoms with van der Waals surface area (Å²) in [5, 5.41) is 0. The molecule has 0 spiro atoms. The number of sulfone groups is 1. The molecule has 3 fully saturated rings. The van der Waals surface area contributed by atoms with Crippen LogP contribution in [0.3, 0.4) is 0 Å². The van der Waals surface area contributed by atoms with Crippen molar-refractivity contribution in [2.75, 3.05) is 31.1 Å². The smallest absolute Gasteiger partial charge is 0.410 e. The van der Waals surface area contributed by atoms with Crippen molar-refractivity contribution in [2.45, 2.75) is 51.3 Å². The lowest BCUT2D eigenvalue weighted by atomic mass is 10.0. The Bertz CT molecular complexity index is 550. The highest BCUT2D eigenvalue weighted by molar-refractivity contribution is 7.91. The van der Waals surface area contributed by atoms with Crippen molar-refractivity contribution in [1.29, 1.82) is 0 Å². The first-order valence-corrected chi connectivity index (χ1v) is 9.91. The van der Waals surface area contributed by atoms with Gasteiger partial charge in [-0.2, -0.15) is 0 Å².